The molecule has 0 atom stereocenters. The Morgan fingerprint density at radius 2 is 1.92 bits per heavy atom. The first-order valence-electron chi connectivity index (χ1n) is 7.78. The minimum absolute atomic E-state index is 0.378. The molecule has 0 N–H and O–H groups in total. The van der Waals surface area contributed by atoms with E-state index in [-0.39, 0.29) is 0 Å². The predicted octanol–water partition coefficient (Wildman–Crippen LogP) is 4.50. The predicted molar refractivity (Wildman–Crippen MR) is 99.5 cm³/mol. The van der Waals surface area contributed by atoms with Gasteiger partial charge in [0.15, 0.2) is 0 Å². The van der Waals surface area contributed by atoms with E-state index in [1.54, 1.807) is 0 Å². The Bertz CT molecular complexity index is 943. The van der Waals surface area contributed by atoms with Gasteiger partial charge in [0.25, 0.3) is 0 Å². The lowest BCUT2D eigenvalue weighted by Gasteiger charge is -2.13. The highest BCUT2D eigenvalue weighted by atomic mass is 35.5. The summed E-state index contributed by atoms with van der Waals surface area (Å²) in [5.74, 6) is -0.440. The normalized spacial score (nSPS) is 11.6. The number of para-hydroxylation sites is 1. The number of methoxy groups -OCH3 is 2. The summed E-state index contributed by atoms with van der Waals surface area (Å²) in [5.41, 5.74) is 3.08. The molecule has 25 heavy (non-hydrogen) atoms. The number of nitrogens with zero attached hydrogens (tertiary/aromatic N) is 1. The molecule has 5 heteroatoms. The fourth-order valence-electron chi connectivity index (χ4n) is 2.90. The van der Waals surface area contributed by atoms with Crippen LogP contribution in [0.2, 0.25) is 5.02 Å². The summed E-state index contributed by atoms with van der Waals surface area (Å²) in [5, 5.41) is 1.77. The minimum Gasteiger partial charge on any atom is -0.503 e. The maximum Gasteiger partial charge on any atom is 0.341 e. The number of hydrogen-bond acceptors (Lipinski definition) is 3. The van der Waals surface area contributed by atoms with Crippen molar-refractivity contribution < 1.29 is 14.3 Å². The molecule has 0 aliphatic heterocycles. The molecule has 0 bridgehead atoms. The molecule has 0 spiro atoms. The number of benzene rings is 2. The fraction of sp³-hybridized carbons (Fsp3) is 0.150. The molecule has 1 aromatic heterocycles. The van der Waals surface area contributed by atoms with Gasteiger partial charge in [-0.15, -0.1) is 0 Å². The standard InChI is InChI=1S/C20H18ClNO3/c1-24-13-17(20(23)25-2)16-8-4-3-6-15(16)12-22-11-10-14-7-5-9-18(21)19(14)22/h3-11,13H,12H2,1-2H3. The molecule has 0 aliphatic rings. The van der Waals surface area contributed by atoms with Gasteiger partial charge in [-0.3, -0.25) is 0 Å². The van der Waals surface area contributed by atoms with Gasteiger partial charge in [0.2, 0.25) is 0 Å². The van der Waals surface area contributed by atoms with Crippen molar-refractivity contribution in [3.8, 4) is 0 Å². The number of rotatable bonds is 5. The van der Waals surface area contributed by atoms with Crippen LogP contribution in [0.4, 0.5) is 0 Å². The number of ether oxygens (including phenoxy) is 2. The van der Waals surface area contributed by atoms with Gasteiger partial charge in [0.1, 0.15) is 5.57 Å². The van der Waals surface area contributed by atoms with Gasteiger partial charge in [0.05, 0.1) is 31.0 Å². The molecular weight excluding hydrogens is 338 g/mol. The van der Waals surface area contributed by atoms with Crippen molar-refractivity contribution in [3.05, 3.63) is 77.1 Å². The quantitative estimate of drug-likeness (QED) is 0.384. The van der Waals surface area contributed by atoms with E-state index in [1.807, 2.05) is 54.7 Å². The molecule has 0 saturated heterocycles. The number of halogens is 1. The van der Waals surface area contributed by atoms with Crippen molar-refractivity contribution in [2.45, 2.75) is 6.54 Å². The summed E-state index contributed by atoms with van der Waals surface area (Å²) >= 11 is 6.37. The van der Waals surface area contributed by atoms with Crippen LogP contribution >= 0.6 is 11.6 Å². The van der Waals surface area contributed by atoms with Crippen LogP contribution in [-0.2, 0) is 20.8 Å². The largest absolute Gasteiger partial charge is 0.503 e. The second-order valence-electron chi connectivity index (χ2n) is 5.54. The molecule has 1 heterocycles. The van der Waals surface area contributed by atoms with E-state index in [4.69, 9.17) is 21.1 Å². The van der Waals surface area contributed by atoms with Gasteiger partial charge in [-0.1, -0.05) is 48.0 Å². The van der Waals surface area contributed by atoms with Gasteiger partial charge < -0.3 is 14.0 Å². The van der Waals surface area contributed by atoms with Crippen molar-refractivity contribution in [1.29, 1.82) is 0 Å². The van der Waals surface area contributed by atoms with Crippen LogP contribution < -0.4 is 0 Å². The van der Waals surface area contributed by atoms with Gasteiger partial charge in [0, 0.05) is 18.1 Å². The summed E-state index contributed by atoms with van der Waals surface area (Å²) in [6.07, 6.45) is 3.40. The Morgan fingerprint density at radius 3 is 2.68 bits per heavy atom. The summed E-state index contributed by atoms with van der Waals surface area (Å²) < 4.78 is 12.0. The third kappa shape index (κ3) is 3.39. The molecule has 0 fully saturated rings. The smallest absolute Gasteiger partial charge is 0.341 e. The van der Waals surface area contributed by atoms with Crippen LogP contribution in [0.15, 0.2) is 61.0 Å². The van der Waals surface area contributed by atoms with E-state index < -0.39 is 5.97 Å². The van der Waals surface area contributed by atoms with Crippen molar-refractivity contribution in [1.82, 2.24) is 4.57 Å². The van der Waals surface area contributed by atoms with E-state index in [0.29, 0.717) is 17.1 Å². The third-order valence-electron chi connectivity index (χ3n) is 4.03. The highest BCUT2D eigenvalue weighted by Gasteiger charge is 2.17. The number of hydrogen-bond donors (Lipinski definition) is 0. The molecule has 0 radical (unpaired) electrons. The average molecular weight is 356 g/mol. The maximum atomic E-state index is 12.1. The van der Waals surface area contributed by atoms with Crippen molar-refractivity contribution in [3.63, 3.8) is 0 Å². The molecule has 0 unspecified atom stereocenters. The van der Waals surface area contributed by atoms with Gasteiger partial charge in [-0.25, -0.2) is 4.79 Å². The van der Waals surface area contributed by atoms with Crippen LogP contribution in [0.1, 0.15) is 11.1 Å². The maximum absolute atomic E-state index is 12.1. The summed E-state index contributed by atoms with van der Waals surface area (Å²) in [7, 11) is 2.86. The number of carbonyl (C=O) groups excluding carboxylic acids is 1. The molecule has 0 saturated carbocycles. The summed E-state index contributed by atoms with van der Waals surface area (Å²) in [6, 6.07) is 15.5. The number of aromatic nitrogens is 1. The number of esters is 1. The molecule has 2 aromatic carbocycles. The van der Waals surface area contributed by atoms with Gasteiger partial charge in [-0.05, 0) is 23.3 Å². The highest BCUT2D eigenvalue weighted by Crippen LogP contribution is 2.27. The molecular formula is C20H18ClNO3. The van der Waals surface area contributed by atoms with Crippen molar-refractivity contribution >= 4 is 34.0 Å². The lowest BCUT2D eigenvalue weighted by molar-refractivity contribution is -0.133. The van der Waals surface area contributed by atoms with Gasteiger partial charge in [-0.2, -0.15) is 0 Å². The molecule has 0 aliphatic carbocycles. The third-order valence-corrected chi connectivity index (χ3v) is 4.33. The van der Waals surface area contributed by atoms with Crippen LogP contribution in [-0.4, -0.2) is 24.8 Å². The monoisotopic (exact) mass is 355 g/mol. The lowest BCUT2D eigenvalue weighted by Crippen LogP contribution is -2.09. The second kappa shape index (κ2) is 7.45. The first kappa shape index (κ1) is 17.1. The average Bonchev–Trinajstić information content (AvgIpc) is 3.04. The summed E-state index contributed by atoms with van der Waals surface area (Å²) in [6.45, 7) is 0.571. The van der Waals surface area contributed by atoms with Crippen LogP contribution in [0.25, 0.3) is 16.5 Å². The fourth-order valence-corrected chi connectivity index (χ4v) is 3.19. The highest BCUT2D eigenvalue weighted by molar-refractivity contribution is 6.35. The van der Waals surface area contributed by atoms with E-state index in [1.165, 1.54) is 20.5 Å². The Morgan fingerprint density at radius 1 is 1.12 bits per heavy atom. The second-order valence-corrected chi connectivity index (χ2v) is 5.94. The Labute approximate surface area is 151 Å². The topological polar surface area (TPSA) is 40.5 Å². The van der Waals surface area contributed by atoms with Crippen molar-refractivity contribution in [2.24, 2.45) is 0 Å². The summed E-state index contributed by atoms with van der Waals surface area (Å²) in [4.78, 5) is 12.1. The molecule has 0 amide bonds. The zero-order chi connectivity index (χ0) is 17.8. The Balaban J connectivity index is 2.07. The first-order valence-corrected chi connectivity index (χ1v) is 8.16. The minimum atomic E-state index is -0.440. The molecule has 3 aromatic rings. The molecule has 3 rings (SSSR count). The van der Waals surface area contributed by atoms with Crippen molar-refractivity contribution in [2.75, 3.05) is 14.2 Å². The SMILES string of the molecule is COC=C(C(=O)OC)c1ccccc1Cn1ccc2cccc(Cl)c21. The van der Waals surface area contributed by atoms with Gasteiger partial charge >= 0.3 is 5.97 Å². The molecule has 4 nitrogen and oxygen atoms in total. The molecule has 128 valence electrons. The van der Waals surface area contributed by atoms with E-state index in [0.717, 1.165) is 22.0 Å². The first-order chi connectivity index (χ1) is 12.2. The van der Waals surface area contributed by atoms with Crippen LogP contribution in [0.5, 0.6) is 0 Å². The van der Waals surface area contributed by atoms with E-state index in [2.05, 4.69) is 4.57 Å². The van der Waals surface area contributed by atoms with Crippen LogP contribution in [0.3, 0.4) is 0 Å². The zero-order valence-corrected chi connectivity index (χ0v) is 14.8. The van der Waals surface area contributed by atoms with E-state index >= 15 is 0 Å². The lowest BCUT2D eigenvalue weighted by atomic mass is 10.0. The Hall–Kier alpha value is -2.72. The van der Waals surface area contributed by atoms with Crippen LogP contribution in [0, 0.1) is 0 Å². The zero-order valence-electron chi connectivity index (χ0n) is 14.0. The number of fused-ring (bicyclic) bond motifs is 1. The van der Waals surface area contributed by atoms with E-state index in [9.17, 15) is 4.79 Å². The number of carbonyl (C=O) groups is 1. The Kier molecular flexibility index (Phi) is 5.10.